The van der Waals surface area contributed by atoms with Crippen LogP contribution in [0.4, 0.5) is 0 Å². The van der Waals surface area contributed by atoms with Gasteiger partial charge in [-0.15, -0.1) is 0 Å². The van der Waals surface area contributed by atoms with Crippen molar-refractivity contribution in [3.8, 4) is 0 Å². The standard InChI is InChI=1S/C17H21N3O3S/c1-10(2)15-18-11(3)14(16(21)19-15)17(22)20-5-6-23-13(8-20)12-4-7-24-9-12/h4,7,9-10,13H,5-6,8H2,1-3H3,(H,18,19,21)/t13-/m0/s1. The number of hydrogen-bond donors (Lipinski definition) is 1. The molecule has 3 rings (SSSR count). The van der Waals surface area contributed by atoms with E-state index in [-0.39, 0.29) is 29.1 Å². The molecule has 1 atom stereocenters. The predicted octanol–water partition coefficient (Wildman–Crippen LogP) is 2.48. The van der Waals surface area contributed by atoms with Crippen LogP contribution in [0.1, 0.15) is 53.3 Å². The van der Waals surface area contributed by atoms with Gasteiger partial charge in [0.2, 0.25) is 0 Å². The summed E-state index contributed by atoms with van der Waals surface area (Å²) in [5, 5.41) is 4.01. The second-order valence-corrected chi connectivity index (χ2v) is 7.01. The van der Waals surface area contributed by atoms with E-state index in [2.05, 4.69) is 9.97 Å². The number of carbonyl (C=O) groups excluding carboxylic acids is 1. The summed E-state index contributed by atoms with van der Waals surface area (Å²) < 4.78 is 5.76. The van der Waals surface area contributed by atoms with Crippen molar-refractivity contribution in [1.29, 1.82) is 0 Å². The van der Waals surface area contributed by atoms with Gasteiger partial charge in [-0.2, -0.15) is 11.3 Å². The number of ether oxygens (including phenoxy) is 1. The van der Waals surface area contributed by atoms with Crippen LogP contribution in [0, 0.1) is 6.92 Å². The number of nitrogens with zero attached hydrogens (tertiary/aromatic N) is 2. The fourth-order valence-corrected chi connectivity index (χ4v) is 3.49. The van der Waals surface area contributed by atoms with Gasteiger partial charge in [0.05, 0.1) is 18.8 Å². The predicted molar refractivity (Wildman–Crippen MR) is 92.6 cm³/mol. The van der Waals surface area contributed by atoms with Crippen molar-refractivity contribution < 1.29 is 9.53 Å². The van der Waals surface area contributed by atoms with Crippen molar-refractivity contribution in [3.63, 3.8) is 0 Å². The van der Waals surface area contributed by atoms with Crippen LogP contribution < -0.4 is 5.56 Å². The lowest BCUT2D eigenvalue weighted by Gasteiger charge is -2.32. The van der Waals surface area contributed by atoms with Crippen molar-refractivity contribution in [3.05, 3.63) is 49.8 Å². The molecule has 2 aromatic rings. The first-order valence-corrected chi connectivity index (χ1v) is 8.95. The largest absolute Gasteiger partial charge is 0.370 e. The molecule has 1 aliphatic rings. The van der Waals surface area contributed by atoms with Crippen LogP contribution in [0.15, 0.2) is 21.6 Å². The summed E-state index contributed by atoms with van der Waals surface area (Å²) in [4.78, 5) is 34.0. The number of aromatic nitrogens is 2. The molecule has 0 aromatic carbocycles. The van der Waals surface area contributed by atoms with Crippen molar-refractivity contribution >= 4 is 17.2 Å². The van der Waals surface area contributed by atoms with Crippen LogP contribution in [-0.2, 0) is 4.74 Å². The van der Waals surface area contributed by atoms with E-state index in [9.17, 15) is 9.59 Å². The topological polar surface area (TPSA) is 75.3 Å². The normalized spacial score (nSPS) is 18.2. The van der Waals surface area contributed by atoms with Crippen LogP contribution in [0.3, 0.4) is 0 Å². The van der Waals surface area contributed by atoms with Gasteiger partial charge in [-0.05, 0) is 29.3 Å². The molecule has 1 amide bonds. The van der Waals surface area contributed by atoms with Gasteiger partial charge in [0.25, 0.3) is 11.5 Å². The molecule has 1 saturated heterocycles. The van der Waals surface area contributed by atoms with E-state index in [1.54, 1.807) is 23.2 Å². The number of amides is 1. The van der Waals surface area contributed by atoms with E-state index in [0.717, 1.165) is 5.56 Å². The minimum absolute atomic E-state index is 0.104. The third-order valence-corrected chi connectivity index (χ3v) is 4.85. The molecule has 24 heavy (non-hydrogen) atoms. The number of nitrogens with one attached hydrogen (secondary N) is 1. The lowest BCUT2D eigenvalue weighted by molar-refractivity contribution is -0.0227. The quantitative estimate of drug-likeness (QED) is 0.925. The first kappa shape index (κ1) is 16.9. The number of carbonyl (C=O) groups is 1. The molecule has 3 heterocycles. The average Bonchev–Trinajstić information content (AvgIpc) is 3.08. The van der Waals surface area contributed by atoms with Crippen LogP contribution in [0.2, 0.25) is 0 Å². The Kier molecular flexibility index (Phi) is 4.82. The lowest BCUT2D eigenvalue weighted by Crippen LogP contribution is -2.44. The second-order valence-electron chi connectivity index (χ2n) is 6.23. The molecule has 1 N–H and O–H groups in total. The molecule has 0 saturated carbocycles. The Hall–Kier alpha value is -1.99. The number of H-pyrrole nitrogens is 1. The molecule has 6 nitrogen and oxygen atoms in total. The molecule has 1 fully saturated rings. The molecule has 0 bridgehead atoms. The lowest BCUT2D eigenvalue weighted by atomic mass is 10.1. The highest BCUT2D eigenvalue weighted by Gasteiger charge is 2.29. The van der Waals surface area contributed by atoms with Gasteiger partial charge < -0.3 is 14.6 Å². The van der Waals surface area contributed by atoms with Crippen LogP contribution in [0.25, 0.3) is 0 Å². The Morgan fingerprint density at radius 2 is 2.29 bits per heavy atom. The third kappa shape index (κ3) is 3.27. The molecule has 0 spiro atoms. The fraction of sp³-hybridized carbons (Fsp3) is 0.471. The number of aromatic amines is 1. The Balaban J connectivity index is 1.85. The SMILES string of the molecule is Cc1nc(C(C)C)[nH]c(=O)c1C(=O)N1CCO[C@H](c2ccsc2)C1. The molecule has 0 radical (unpaired) electrons. The van der Waals surface area contributed by atoms with Crippen LogP contribution >= 0.6 is 11.3 Å². The average molecular weight is 347 g/mol. The van der Waals surface area contributed by atoms with Gasteiger partial charge in [0.1, 0.15) is 17.5 Å². The maximum absolute atomic E-state index is 12.9. The molecule has 2 aromatic heterocycles. The van der Waals surface area contributed by atoms with E-state index in [1.807, 2.05) is 30.7 Å². The number of thiophene rings is 1. The van der Waals surface area contributed by atoms with Gasteiger partial charge in [-0.3, -0.25) is 9.59 Å². The Bertz CT molecular complexity index is 783. The van der Waals surface area contributed by atoms with Gasteiger partial charge in [0, 0.05) is 12.5 Å². The minimum Gasteiger partial charge on any atom is -0.370 e. The van der Waals surface area contributed by atoms with Gasteiger partial charge in [-0.1, -0.05) is 13.8 Å². The number of hydrogen-bond acceptors (Lipinski definition) is 5. The van der Waals surface area contributed by atoms with Crippen LogP contribution in [0.5, 0.6) is 0 Å². The van der Waals surface area contributed by atoms with Gasteiger partial charge in [-0.25, -0.2) is 4.98 Å². The van der Waals surface area contributed by atoms with E-state index in [4.69, 9.17) is 4.74 Å². The summed E-state index contributed by atoms with van der Waals surface area (Å²) in [6, 6.07) is 2.00. The number of aryl methyl sites for hydroxylation is 1. The summed E-state index contributed by atoms with van der Waals surface area (Å²) in [7, 11) is 0. The summed E-state index contributed by atoms with van der Waals surface area (Å²) >= 11 is 1.60. The minimum atomic E-state index is -0.366. The third-order valence-electron chi connectivity index (χ3n) is 4.15. The van der Waals surface area contributed by atoms with Gasteiger partial charge in [0.15, 0.2) is 0 Å². The van der Waals surface area contributed by atoms with Crippen LogP contribution in [-0.4, -0.2) is 40.5 Å². The molecular weight excluding hydrogens is 326 g/mol. The fourth-order valence-electron chi connectivity index (χ4n) is 2.78. The maximum atomic E-state index is 12.9. The molecule has 128 valence electrons. The molecule has 7 heteroatoms. The number of morpholine rings is 1. The number of rotatable bonds is 3. The first-order valence-electron chi connectivity index (χ1n) is 8.01. The van der Waals surface area contributed by atoms with Crippen molar-refractivity contribution in [2.24, 2.45) is 0 Å². The van der Waals surface area contributed by atoms with E-state index >= 15 is 0 Å². The van der Waals surface area contributed by atoms with E-state index < -0.39 is 0 Å². The van der Waals surface area contributed by atoms with E-state index in [1.165, 1.54) is 0 Å². The molecule has 0 unspecified atom stereocenters. The van der Waals surface area contributed by atoms with Crippen molar-refractivity contribution in [2.45, 2.75) is 32.8 Å². The summed E-state index contributed by atoms with van der Waals surface area (Å²) in [5.74, 6) is 0.430. The van der Waals surface area contributed by atoms with Crippen molar-refractivity contribution in [2.75, 3.05) is 19.7 Å². The maximum Gasteiger partial charge on any atom is 0.264 e. The highest BCUT2D eigenvalue weighted by Crippen LogP contribution is 2.25. The molecule has 1 aliphatic heterocycles. The summed E-state index contributed by atoms with van der Waals surface area (Å²) in [6.07, 6.45) is -0.142. The zero-order valence-corrected chi connectivity index (χ0v) is 14.9. The first-order chi connectivity index (χ1) is 11.5. The molecular formula is C17H21N3O3S. The highest BCUT2D eigenvalue weighted by molar-refractivity contribution is 7.07. The Labute approximate surface area is 144 Å². The summed E-state index contributed by atoms with van der Waals surface area (Å²) in [5.41, 5.74) is 1.31. The Morgan fingerprint density at radius 1 is 1.50 bits per heavy atom. The monoisotopic (exact) mass is 347 g/mol. The zero-order chi connectivity index (χ0) is 17.3. The highest BCUT2D eigenvalue weighted by atomic mass is 32.1. The second kappa shape index (κ2) is 6.86. The van der Waals surface area contributed by atoms with E-state index in [0.29, 0.717) is 31.2 Å². The molecule has 0 aliphatic carbocycles. The van der Waals surface area contributed by atoms with Crippen molar-refractivity contribution in [1.82, 2.24) is 14.9 Å². The Morgan fingerprint density at radius 3 is 2.92 bits per heavy atom. The zero-order valence-electron chi connectivity index (χ0n) is 14.0. The smallest absolute Gasteiger partial charge is 0.264 e. The van der Waals surface area contributed by atoms with Gasteiger partial charge >= 0.3 is 0 Å². The summed E-state index contributed by atoms with van der Waals surface area (Å²) in [6.45, 7) is 7.00.